The van der Waals surface area contributed by atoms with E-state index >= 15 is 0 Å². The lowest BCUT2D eigenvalue weighted by atomic mass is 10.0. The molecule has 0 atom stereocenters. The van der Waals surface area contributed by atoms with E-state index in [1.807, 2.05) is 24.3 Å². The van der Waals surface area contributed by atoms with Crippen LogP contribution in [0.5, 0.6) is 0 Å². The lowest BCUT2D eigenvalue weighted by Crippen LogP contribution is -2.52. The molecule has 2 aliphatic rings. The minimum Gasteiger partial charge on any atom is -0.353 e. The summed E-state index contributed by atoms with van der Waals surface area (Å²) in [4.78, 5) is 40.7. The van der Waals surface area contributed by atoms with E-state index in [0.29, 0.717) is 0 Å². The van der Waals surface area contributed by atoms with Crippen molar-refractivity contribution in [1.82, 2.24) is 4.90 Å². The summed E-state index contributed by atoms with van der Waals surface area (Å²) in [6, 6.07) is 7.52. The maximum Gasteiger partial charge on any atom is 0.248 e. The highest BCUT2D eigenvalue weighted by Gasteiger charge is 2.44. The van der Waals surface area contributed by atoms with Crippen molar-refractivity contribution in [3.8, 4) is 0 Å². The van der Waals surface area contributed by atoms with Crippen LogP contribution in [0.4, 0.5) is 5.69 Å². The zero-order valence-electron chi connectivity index (χ0n) is 11.7. The first-order chi connectivity index (χ1) is 10.1. The second kappa shape index (κ2) is 4.82. The van der Waals surface area contributed by atoms with Crippen molar-refractivity contribution in [3.05, 3.63) is 29.8 Å². The predicted octanol–water partition coefficient (Wildman–Crippen LogP) is 0.817. The molecule has 1 aromatic rings. The van der Waals surface area contributed by atoms with Gasteiger partial charge in [-0.3, -0.25) is 14.5 Å². The van der Waals surface area contributed by atoms with Gasteiger partial charge in [0.1, 0.15) is 0 Å². The van der Waals surface area contributed by atoms with Crippen molar-refractivity contribution >= 4 is 23.6 Å². The predicted molar refractivity (Wildman–Crippen MR) is 75.5 cm³/mol. The third-order valence-corrected chi connectivity index (χ3v) is 4.15. The molecule has 6 heteroatoms. The number of carbonyl (C=O) groups is 2. The number of amides is 2. The third kappa shape index (κ3) is 2.34. The van der Waals surface area contributed by atoms with Gasteiger partial charge in [0.2, 0.25) is 17.9 Å². The number of piperazine rings is 1. The number of imide groups is 1. The quantitative estimate of drug-likeness (QED) is 0.468. The van der Waals surface area contributed by atoms with Crippen molar-refractivity contribution in [3.63, 3.8) is 0 Å². The van der Waals surface area contributed by atoms with Crippen molar-refractivity contribution in [2.75, 3.05) is 25.0 Å². The molecule has 1 heterocycles. The minimum atomic E-state index is -0.395. The number of anilines is 1. The second-order valence-electron chi connectivity index (χ2n) is 5.48. The van der Waals surface area contributed by atoms with E-state index in [0.717, 1.165) is 29.0 Å². The fraction of sp³-hybridized carbons (Fsp3) is 0.400. The van der Waals surface area contributed by atoms with Crippen LogP contribution >= 0.6 is 0 Å². The Morgan fingerprint density at radius 2 is 1.67 bits per heavy atom. The summed E-state index contributed by atoms with van der Waals surface area (Å²) in [5.41, 5.74) is 1.40. The molecule has 2 fully saturated rings. The van der Waals surface area contributed by atoms with Gasteiger partial charge >= 0.3 is 0 Å². The Kier molecular flexibility index (Phi) is 3.11. The van der Waals surface area contributed by atoms with Gasteiger partial charge in [-0.15, -0.1) is 0 Å². The summed E-state index contributed by atoms with van der Waals surface area (Å²) in [7, 11) is 1.50. The molecule has 1 saturated carbocycles. The first-order valence-electron chi connectivity index (χ1n) is 6.80. The highest BCUT2D eigenvalue weighted by molar-refractivity contribution is 6.02. The van der Waals surface area contributed by atoms with E-state index in [9.17, 15) is 14.4 Å². The highest BCUT2D eigenvalue weighted by atomic mass is 16.2. The van der Waals surface area contributed by atoms with Gasteiger partial charge in [0.25, 0.3) is 0 Å². The van der Waals surface area contributed by atoms with Gasteiger partial charge in [-0.05, 0) is 30.5 Å². The molecule has 1 aromatic carbocycles. The lowest BCUT2D eigenvalue weighted by Gasteiger charge is -2.32. The van der Waals surface area contributed by atoms with Crippen molar-refractivity contribution in [2.45, 2.75) is 18.4 Å². The number of nitrogens with zero attached hydrogens (tertiary/aromatic N) is 3. The van der Waals surface area contributed by atoms with Gasteiger partial charge in [-0.2, -0.15) is 4.99 Å². The van der Waals surface area contributed by atoms with E-state index in [-0.39, 0.29) is 24.9 Å². The number of carbonyl (C=O) groups excluding carboxylic acids is 3. The largest absolute Gasteiger partial charge is 0.353 e. The maximum absolute atomic E-state index is 11.7. The van der Waals surface area contributed by atoms with Gasteiger partial charge in [0.15, 0.2) is 0 Å². The Balaban J connectivity index is 1.80. The molecule has 1 saturated heterocycles. The van der Waals surface area contributed by atoms with Crippen LogP contribution in [0.25, 0.3) is 0 Å². The standard InChI is InChI=1S/C15H15N3O3/c1-17-13(20)8-18(9-14(17)21)12-4-2-11(3-5-12)15(6-7-15)16-10-19/h2-5H,6-9H2,1H3. The van der Waals surface area contributed by atoms with Gasteiger partial charge in [-0.1, -0.05) is 12.1 Å². The molecular weight excluding hydrogens is 270 g/mol. The van der Waals surface area contributed by atoms with Crippen molar-refractivity contribution in [1.29, 1.82) is 0 Å². The van der Waals surface area contributed by atoms with E-state index in [1.165, 1.54) is 7.05 Å². The highest BCUT2D eigenvalue weighted by Crippen LogP contribution is 2.49. The van der Waals surface area contributed by atoms with Crippen LogP contribution < -0.4 is 4.90 Å². The van der Waals surface area contributed by atoms with Crippen LogP contribution in [0.2, 0.25) is 0 Å². The van der Waals surface area contributed by atoms with Gasteiger partial charge in [0, 0.05) is 12.7 Å². The molecule has 0 aromatic heterocycles. The van der Waals surface area contributed by atoms with Crippen LogP contribution in [0, 0.1) is 0 Å². The Hall–Kier alpha value is -2.46. The van der Waals surface area contributed by atoms with Gasteiger partial charge in [0.05, 0.1) is 18.6 Å². The number of likely N-dealkylation sites (N-methyl/N-ethyl adjacent to an activating group) is 1. The first-order valence-corrected chi connectivity index (χ1v) is 6.80. The van der Waals surface area contributed by atoms with E-state index < -0.39 is 5.54 Å². The number of rotatable bonds is 3. The van der Waals surface area contributed by atoms with E-state index in [4.69, 9.17) is 0 Å². The zero-order chi connectivity index (χ0) is 15.0. The molecule has 0 N–H and O–H groups in total. The average Bonchev–Trinajstić information content (AvgIpc) is 3.26. The number of isocyanates is 1. The van der Waals surface area contributed by atoms with Gasteiger partial charge < -0.3 is 4.90 Å². The molecule has 1 aliphatic heterocycles. The van der Waals surface area contributed by atoms with Crippen molar-refractivity contribution < 1.29 is 14.4 Å². The Morgan fingerprint density at radius 1 is 1.10 bits per heavy atom. The summed E-state index contributed by atoms with van der Waals surface area (Å²) in [6.45, 7) is 0.387. The lowest BCUT2D eigenvalue weighted by molar-refractivity contribution is -0.143. The minimum absolute atomic E-state index is 0.194. The average molecular weight is 285 g/mol. The molecular formula is C15H15N3O3. The third-order valence-electron chi connectivity index (χ3n) is 4.15. The van der Waals surface area contributed by atoms with Crippen LogP contribution in [-0.4, -0.2) is 42.9 Å². The summed E-state index contributed by atoms with van der Waals surface area (Å²) in [5.74, 6) is -0.418. The monoisotopic (exact) mass is 285 g/mol. The summed E-state index contributed by atoms with van der Waals surface area (Å²) in [5, 5.41) is 0. The van der Waals surface area contributed by atoms with Crippen LogP contribution in [-0.2, 0) is 19.9 Å². The molecule has 21 heavy (non-hydrogen) atoms. The normalized spacial score (nSPS) is 20.2. The molecule has 1 aliphatic carbocycles. The smallest absolute Gasteiger partial charge is 0.248 e. The fourth-order valence-electron chi connectivity index (χ4n) is 2.57. The van der Waals surface area contributed by atoms with Crippen LogP contribution in [0.1, 0.15) is 18.4 Å². The number of hydrogen-bond donors (Lipinski definition) is 0. The first kappa shape index (κ1) is 13.5. The number of benzene rings is 1. The Morgan fingerprint density at radius 3 is 2.14 bits per heavy atom. The second-order valence-corrected chi connectivity index (χ2v) is 5.48. The fourth-order valence-corrected chi connectivity index (χ4v) is 2.57. The van der Waals surface area contributed by atoms with Crippen molar-refractivity contribution in [2.24, 2.45) is 4.99 Å². The Labute approximate surface area is 122 Å². The molecule has 3 rings (SSSR count). The summed E-state index contributed by atoms with van der Waals surface area (Å²) < 4.78 is 0. The van der Waals surface area contributed by atoms with Gasteiger partial charge in [-0.25, -0.2) is 4.79 Å². The zero-order valence-corrected chi connectivity index (χ0v) is 11.7. The SMILES string of the molecule is CN1C(=O)CN(c2ccc(C3(N=C=O)CC3)cc2)CC1=O. The van der Waals surface area contributed by atoms with Crippen LogP contribution in [0.15, 0.2) is 29.3 Å². The molecule has 0 radical (unpaired) electrons. The molecule has 0 spiro atoms. The molecule has 2 amide bonds. The van der Waals surface area contributed by atoms with E-state index in [1.54, 1.807) is 11.0 Å². The molecule has 0 unspecified atom stereocenters. The van der Waals surface area contributed by atoms with Crippen LogP contribution in [0.3, 0.4) is 0 Å². The molecule has 0 bridgehead atoms. The number of hydrogen-bond acceptors (Lipinski definition) is 5. The Bertz CT molecular complexity index is 625. The summed E-state index contributed by atoms with van der Waals surface area (Å²) >= 11 is 0. The topological polar surface area (TPSA) is 70.1 Å². The summed E-state index contributed by atoms with van der Waals surface area (Å²) in [6.07, 6.45) is 3.34. The molecule has 108 valence electrons. The maximum atomic E-state index is 11.7. The number of aliphatic imine (C=N–C) groups is 1. The molecule has 6 nitrogen and oxygen atoms in total. The van der Waals surface area contributed by atoms with E-state index in [2.05, 4.69) is 4.99 Å².